The van der Waals surface area contributed by atoms with Crippen LogP contribution in [0.5, 0.6) is 5.75 Å². The van der Waals surface area contributed by atoms with E-state index in [0.717, 1.165) is 0 Å². The lowest BCUT2D eigenvalue weighted by Gasteiger charge is -2.06. The largest absolute Gasteiger partial charge is 0.462 e. The summed E-state index contributed by atoms with van der Waals surface area (Å²) in [6.45, 7) is 1.99. The fourth-order valence-electron chi connectivity index (χ4n) is 1.66. The van der Waals surface area contributed by atoms with Crippen LogP contribution in [0.4, 0.5) is 4.39 Å². The summed E-state index contributed by atoms with van der Waals surface area (Å²) in [5, 5.41) is 0. The minimum Gasteiger partial charge on any atom is -0.462 e. The zero-order valence-corrected chi connectivity index (χ0v) is 11.3. The van der Waals surface area contributed by atoms with Gasteiger partial charge in [0, 0.05) is 0 Å². The molecule has 0 heterocycles. The third kappa shape index (κ3) is 3.66. The van der Waals surface area contributed by atoms with Gasteiger partial charge < -0.3 is 9.47 Å². The maximum absolute atomic E-state index is 13.4. The van der Waals surface area contributed by atoms with Gasteiger partial charge in [-0.05, 0) is 43.3 Å². The molecule has 2 rings (SSSR count). The Hall–Kier alpha value is -2.69. The first-order valence-electron chi connectivity index (χ1n) is 6.35. The van der Waals surface area contributed by atoms with Crippen molar-refractivity contribution in [1.29, 1.82) is 0 Å². The van der Waals surface area contributed by atoms with Crippen LogP contribution in [-0.2, 0) is 4.74 Å². The summed E-state index contributed by atoms with van der Waals surface area (Å²) in [5.74, 6) is -1.68. The van der Waals surface area contributed by atoms with Gasteiger partial charge in [-0.3, -0.25) is 0 Å². The Kier molecular flexibility index (Phi) is 4.66. The first kappa shape index (κ1) is 14.7. The molecule has 21 heavy (non-hydrogen) atoms. The van der Waals surface area contributed by atoms with Crippen molar-refractivity contribution in [2.75, 3.05) is 6.61 Å². The topological polar surface area (TPSA) is 52.6 Å². The number of carbonyl (C=O) groups is 2. The third-order valence-corrected chi connectivity index (χ3v) is 2.67. The van der Waals surface area contributed by atoms with Crippen molar-refractivity contribution in [3.05, 3.63) is 65.5 Å². The van der Waals surface area contributed by atoms with Gasteiger partial charge >= 0.3 is 11.9 Å². The van der Waals surface area contributed by atoms with Crippen molar-refractivity contribution in [3.63, 3.8) is 0 Å². The van der Waals surface area contributed by atoms with Crippen LogP contribution in [0.1, 0.15) is 27.6 Å². The van der Waals surface area contributed by atoms with Crippen LogP contribution in [0.25, 0.3) is 0 Å². The standard InChI is InChI=1S/C16H13FO4/c1-2-20-15(18)11-7-9-12(10-8-11)21-16(19)13-5-3-4-6-14(13)17/h3-10H,2H2,1H3. The lowest BCUT2D eigenvalue weighted by atomic mass is 10.2. The molecule has 0 radical (unpaired) electrons. The van der Waals surface area contributed by atoms with Gasteiger partial charge in [-0.15, -0.1) is 0 Å². The van der Waals surface area contributed by atoms with Crippen LogP contribution in [-0.4, -0.2) is 18.5 Å². The molecule has 0 amide bonds. The van der Waals surface area contributed by atoms with Gasteiger partial charge in [-0.25, -0.2) is 14.0 Å². The Balaban J connectivity index is 2.09. The van der Waals surface area contributed by atoms with Crippen molar-refractivity contribution in [1.82, 2.24) is 0 Å². The molecule has 0 spiro atoms. The second-order valence-corrected chi connectivity index (χ2v) is 4.11. The van der Waals surface area contributed by atoms with E-state index in [-0.39, 0.29) is 17.9 Å². The number of benzene rings is 2. The lowest BCUT2D eigenvalue weighted by Crippen LogP contribution is -2.11. The van der Waals surface area contributed by atoms with Crippen LogP contribution >= 0.6 is 0 Å². The molecule has 108 valence electrons. The molecule has 0 N–H and O–H groups in total. The molecule has 0 aromatic heterocycles. The van der Waals surface area contributed by atoms with E-state index in [0.29, 0.717) is 5.56 Å². The highest BCUT2D eigenvalue weighted by atomic mass is 19.1. The smallest absolute Gasteiger partial charge is 0.346 e. The molecule has 0 saturated heterocycles. The molecule has 0 aliphatic rings. The van der Waals surface area contributed by atoms with Crippen molar-refractivity contribution in [2.45, 2.75) is 6.92 Å². The highest BCUT2D eigenvalue weighted by Crippen LogP contribution is 2.16. The quantitative estimate of drug-likeness (QED) is 0.640. The summed E-state index contributed by atoms with van der Waals surface area (Å²) in [7, 11) is 0. The van der Waals surface area contributed by atoms with Gasteiger partial charge in [0.1, 0.15) is 11.6 Å². The summed E-state index contributed by atoms with van der Waals surface area (Å²) < 4.78 is 23.3. The van der Waals surface area contributed by atoms with Crippen LogP contribution in [0.2, 0.25) is 0 Å². The summed E-state index contributed by atoms with van der Waals surface area (Å²) in [5.41, 5.74) is 0.203. The summed E-state index contributed by atoms with van der Waals surface area (Å²) in [6, 6.07) is 11.4. The molecule has 2 aromatic rings. The first-order chi connectivity index (χ1) is 10.1. The number of carbonyl (C=O) groups excluding carboxylic acids is 2. The Morgan fingerprint density at radius 2 is 1.67 bits per heavy atom. The zero-order valence-electron chi connectivity index (χ0n) is 11.3. The Bertz CT molecular complexity index is 650. The van der Waals surface area contributed by atoms with E-state index in [1.54, 1.807) is 13.0 Å². The predicted octanol–water partition coefficient (Wildman–Crippen LogP) is 3.22. The van der Waals surface area contributed by atoms with Crippen molar-refractivity contribution >= 4 is 11.9 Å². The molecule has 0 bridgehead atoms. The SMILES string of the molecule is CCOC(=O)c1ccc(OC(=O)c2ccccc2F)cc1. The predicted molar refractivity (Wildman–Crippen MR) is 73.8 cm³/mol. The van der Waals surface area contributed by atoms with Gasteiger partial charge in [0.15, 0.2) is 0 Å². The molecule has 0 saturated carbocycles. The molecule has 4 nitrogen and oxygen atoms in total. The normalized spacial score (nSPS) is 10.0. The van der Waals surface area contributed by atoms with Gasteiger partial charge in [0.05, 0.1) is 17.7 Å². The van der Waals surface area contributed by atoms with Gasteiger partial charge in [-0.1, -0.05) is 12.1 Å². The van der Waals surface area contributed by atoms with E-state index in [2.05, 4.69) is 0 Å². The van der Waals surface area contributed by atoms with E-state index in [1.807, 2.05) is 0 Å². The monoisotopic (exact) mass is 288 g/mol. The van der Waals surface area contributed by atoms with E-state index in [9.17, 15) is 14.0 Å². The number of rotatable bonds is 4. The molecular weight excluding hydrogens is 275 g/mol. The van der Waals surface area contributed by atoms with Crippen LogP contribution < -0.4 is 4.74 Å². The Morgan fingerprint density at radius 1 is 1.00 bits per heavy atom. The molecule has 0 atom stereocenters. The molecular formula is C16H13FO4. The van der Waals surface area contributed by atoms with Gasteiger partial charge in [0.25, 0.3) is 0 Å². The maximum Gasteiger partial charge on any atom is 0.346 e. The molecule has 0 unspecified atom stereocenters. The molecule has 2 aromatic carbocycles. The molecule has 0 aliphatic carbocycles. The van der Waals surface area contributed by atoms with Crippen LogP contribution in [0.3, 0.4) is 0 Å². The second-order valence-electron chi connectivity index (χ2n) is 4.11. The fourth-order valence-corrected chi connectivity index (χ4v) is 1.66. The van der Waals surface area contributed by atoms with Crippen molar-refractivity contribution in [2.24, 2.45) is 0 Å². The van der Waals surface area contributed by atoms with E-state index in [4.69, 9.17) is 9.47 Å². The molecule has 0 aliphatic heterocycles. The number of hydrogen-bond donors (Lipinski definition) is 0. The van der Waals surface area contributed by atoms with Crippen molar-refractivity contribution < 1.29 is 23.5 Å². The fraction of sp³-hybridized carbons (Fsp3) is 0.125. The number of hydrogen-bond acceptors (Lipinski definition) is 4. The zero-order chi connectivity index (χ0) is 15.2. The average Bonchev–Trinajstić information content (AvgIpc) is 2.48. The minimum atomic E-state index is -0.794. The van der Waals surface area contributed by atoms with E-state index >= 15 is 0 Å². The summed E-state index contributed by atoms with van der Waals surface area (Å²) in [6.07, 6.45) is 0. The van der Waals surface area contributed by atoms with E-state index < -0.39 is 17.8 Å². The average molecular weight is 288 g/mol. The second kappa shape index (κ2) is 6.65. The first-order valence-corrected chi connectivity index (χ1v) is 6.35. The third-order valence-electron chi connectivity index (χ3n) is 2.67. The van der Waals surface area contributed by atoms with E-state index in [1.165, 1.54) is 42.5 Å². The lowest BCUT2D eigenvalue weighted by molar-refractivity contribution is 0.0526. The molecule has 5 heteroatoms. The van der Waals surface area contributed by atoms with Gasteiger partial charge in [-0.2, -0.15) is 0 Å². The molecule has 0 fully saturated rings. The summed E-state index contributed by atoms with van der Waals surface area (Å²) in [4.78, 5) is 23.3. The number of ether oxygens (including phenoxy) is 2. The van der Waals surface area contributed by atoms with Crippen molar-refractivity contribution in [3.8, 4) is 5.75 Å². The van der Waals surface area contributed by atoms with Crippen LogP contribution in [0.15, 0.2) is 48.5 Å². The maximum atomic E-state index is 13.4. The number of halogens is 1. The Morgan fingerprint density at radius 3 is 2.29 bits per heavy atom. The minimum absolute atomic E-state index is 0.146. The Labute approximate surface area is 121 Å². The highest BCUT2D eigenvalue weighted by molar-refractivity contribution is 5.92. The highest BCUT2D eigenvalue weighted by Gasteiger charge is 2.13. The summed E-state index contributed by atoms with van der Waals surface area (Å²) >= 11 is 0. The van der Waals surface area contributed by atoms with Gasteiger partial charge in [0.2, 0.25) is 0 Å². The van der Waals surface area contributed by atoms with Crippen LogP contribution in [0, 0.1) is 5.82 Å². The number of esters is 2.